The molecule has 13 nitrogen and oxygen atoms in total. The van der Waals surface area contributed by atoms with Crippen molar-refractivity contribution in [2.45, 2.75) is 84.9 Å². The maximum atomic E-state index is 13.4. The Morgan fingerprint density at radius 1 is 0.820 bits per heavy atom. The molecule has 0 bridgehead atoms. The zero-order valence-corrected chi connectivity index (χ0v) is 30.3. The van der Waals surface area contributed by atoms with Crippen LogP contribution in [-0.4, -0.2) is 105 Å². The molecule has 0 saturated carbocycles. The molecule has 5 amide bonds. The van der Waals surface area contributed by atoms with Crippen molar-refractivity contribution in [1.82, 2.24) is 31.5 Å². The van der Waals surface area contributed by atoms with Crippen LogP contribution in [0.15, 0.2) is 60.7 Å². The Morgan fingerprint density at radius 2 is 1.38 bits per heavy atom. The molecule has 0 radical (unpaired) electrons. The number of ether oxygens (including phenoxy) is 1. The van der Waals surface area contributed by atoms with E-state index in [1.165, 1.54) is 35.5 Å². The minimum absolute atomic E-state index is 0.0833. The lowest BCUT2D eigenvalue weighted by molar-refractivity contribution is -0.155. The van der Waals surface area contributed by atoms with E-state index >= 15 is 0 Å². The van der Waals surface area contributed by atoms with E-state index in [0.29, 0.717) is 0 Å². The van der Waals surface area contributed by atoms with Gasteiger partial charge in [0.25, 0.3) is 0 Å². The number of hydrogen-bond acceptors (Lipinski definition) is 10. The minimum atomic E-state index is -1.03. The second-order valence-corrected chi connectivity index (χ2v) is 17.1. The molecule has 268 valence electrons. The standard InChI is InChI=1S/C35H44N6O7S2/c1-34(2)26(40-30(49-34)24(33(47)48-5)38-22(42)18-20-12-8-6-9-13-20)28(44)36-16-17-37-29(45)27-35(3,4)50-32-25(31(46)41(27)32)39-23(43)19-21-14-10-7-11-15-21/h6-15,24-27,30,32,40H,16-19H2,1-5H3,(H,36,44)(H,37,45)(H,38,42)(H,39,43)/t24-,25+,26-,27-,30+,32+/m0/s1. The van der Waals surface area contributed by atoms with Gasteiger partial charge < -0.3 is 30.9 Å². The smallest absolute Gasteiger partial charge is 0.330 e. The lowest BCUT2D eigenvalue weighted by Crippen LogP contribution is -2.71. The first-order chi connectivity index (χ1) is 23.7. The third kappa shape index (κ3) is 8.27. The van der Waals surface area contributed by atoms with Gasteiger partial charge in [0, 0.05) is 22.6 Å². The highest BCUT2D eigenvalue weighted by Gasteiger charge is 2.63. The normalized spacial score (nSPS) is 25.0. The molecule has 0 aromatic heterocycles. The van der Waals surface area contributed by atoms with Crippen LogP contribution in [0.25, 0.3) is 0 Å². The Bertz CT molecular complexity index is 1610. The summed E-state index contributed by atoms with van der Waals surface area (Å²) in [6.45, 7) is 7.77. The first kappa shape index (κ1) is 37.2. The van der Waals surface area contributed by atoms with Crippen molar-refractivity contribution < 1.29 is 33.5 Å². The molecule has 3 fully saturated rings. The van der Waals surface area contributed by atoms with Crippen LogP contribution in [0.1, 0.15) is 38.8 Å². The fraction of sp³-hybridized carbons (Fsp3) is 0.486. The molecule has 3 aliphatic heterocycles. The van der Waals surface area contributed by atoms with Crippen molar-refractivity contribution in [1.29, 1.82) is 0 Å². The van der Waals surface area contributed by atoms with Gasteiger partial charge in [0.2, 0.25) is 29.5 Å². The predicted molar refractivity (Wildman–Crippen MR) is 191 cm³/mol. The number of esters is 1. The van der Waals surface area contributed by atoms with Gasteiger partial charge in [-0.05, 0) is 38.8 Å². The summed E-state index contributed by atoms with van der Waals surface area (Å²) in [7, 11) is 1.24. The topological polar surface area (TPSA) is 175 Å². The van der Waals surface area contributed by atoms with Gasteiger partial charge in [-0.2, -0.15) is 0 Å². The maximum Gasteiger partial charge on any atom is 0.330 e. The van der Waals surface area contributed by atoms with Crippen molar-refractivity contribution in [2.75, 3.05) is 20.2 Å². The van der Waals surface area contributed by atoms with Gasteiger partial charge in [-0.3, -0.25) is 29.3 Å². The number of hydrogen-bond donors (Lipinski definition) is 5. The number of fused-ring (bicyclic) bond motifs is 1. The van der Waals surface area contributed by atoms with E-state index in [1.807, 2.05) is 88.4 Å². The number of β-lactam (4-membered cyclic amide) rings is 1. The second kappa shape index (κ2) is 15.4. The van der Waals surface area contributed by atoms with Crippen LogP contribution in [-0.2, 0) is 46.3 Å². The fourth-order valence-electron chi connectivity index (χ4n) is 6.49. The zero-order valence-electron chi connectivity index (χ0n) is 28.7. The van der Waals surface area contributed by atoms with Crippen LogP contribution >= 0.6 is 23.5 Å². The van der Waals surface area contributed by atoms with Crippen LogP contribution in [0.2, 0.25) is 0 Å². The van der Waals surface area contributed by atoms with Crippen molar-refractivity contribution >= 4 is 59.0 Å². The number of carbonyl (C=O) groups is 6. The second-order valence-electron chi connectivity index (χ2n) is 13.5. The molecule has 3 aliphatic rings. The van der Waals surface area contributed by atoms with Crippen LogP contribution in [0.4, 0.5) is 0 Å². The summed E-state index contributed by atoms with van der Waals surface area (Å²) < 4.78 is 3.71. The molecular formula is C35H44N6O7S2. The van der Waals surface area contributed by atoms with Crippen LogP contribution in [0, 0.1) is 0 Å². The molecule has 15 heteroatoms. The Labute approximate surface area is 300 Å². The number of carbonyl (C=O) groups excluding carboxylic acids is 6. The summed E-state index contributed by atoms with van der Waals surface area (Å²) >= 11 is 2.83. The van der Waals surface area contributed by atoms with Crippen LogP contribution in [0.3, 0.4) is 0 Å². The number of nitrogens with zero attached hydrogens (tertiary/aromatic N) is 1. The van der Waals surface area contributed by atoms with Crippen molar-refractivity contribution in [3.63, 3.8) is 0 Å². The quantitative estimate of drug-likeness (QED) is 0.113. The highest BCUT2D eigenvalue weighted by Crippen LogP contribution is 2.50. The van der Waals surface area contributed by atoms with E-state index in [0.717, 1.165) is 11.1 Å². The summed E-state index contributed by atoms with van der Waals surface area (Å²) in [5.41, 5.74) is 1.64. The molecule has 0 spiro atoms. The Balaban J connectivity index is 1.10. The zero-order chi connectivity index (χ0) is 36.2. The summed E-state index contributed by atoms with van der Waals surface area (Å²) in [4.78, 5) is 79.6. The molecule has 0 aliphatic carbocycles. The molecule has 50 heavy (non-hydrogen) atoms. The Morgan fingerprint density at radius 3 is 1.96 bits per heavy atom. The number of thioether (sulfide) groups is 2. The summed E-state index contributed by atoms with van der Waals surface area (Å²) in [6.07, 6.45) is 0.241. The average Bonchev–Trinajstić information content (AvgIpc) is 3.54. The fourth-order valence-corrected chi connectivity index (χ4v) is 9.60. The van der Waals surface area contributed by atoms with E-state index in [4.69, 9.17) is 4.74 Å². The Hall–Kier alpha value is -4.08. The highest BCUT2D eigenvalue weighted by molar-refractivity contribution is 8.02. The SMILES string of the molecule is COC(=O)[C@@H](NC(=O)Cc1ccccc1)[C@@H]1N[C@@H](C(=O)NCCNC(=O)[C@@H]2N3C(=O)[C@@H](NC(=O)Cc4ccccc4)[C@H]3SC2(C)C)C(C)(C)S1. The van der Waals surface area contributed by atoms with Crippen molar-refractivity contribution in [3.8, 4) is 0 Å². The van der Waals surface area contributed by atoms with Gasteiger partial charge in [0.1, 0.15) is 23.5 Å². The molecule has 6 atom stereocenters. The summed E-state index contributed by atoms with van der Waals surface area (Å²) in [6, 6.07) is 15.2. The van der Waals surface area contributed by atoms with Gasteiger partial charge in [0.05, 0.1) is 25.3 Å². The Kier molecular flexibility index (Phi) is 11.5. The van der Waals surface area contributed by atoms with Gasteiger partial charge in [-0.1, -0.05) is 60.7 Å². The molecule has 3 saturated heterocycles. The van der Waals surface area contributed by atoms with Crippen molar-refractivity contribution in [3.05, 3.63) is 71.8 Å². The maximum absolute atomic E-state index is 13.4. The van der Waals surface area contributed by atoms with Gasteiger partial charge in [0.15, 0.2) is 6.04 Å². The molecule has 3 heterocycles. The van der Waals surface area contributed by atoms with E-state index in [1.54, 1.807) is 0 Å². The van der Waals surface area contributed by atoms with E-state index in [9.17, 15) is 28.8 Å². The largest absolute Gasteiger partial charge is 0.467 e. The molecule has 5 rings (SSSR count). The lowest BCUT2D eigenvalue weighted by Gasteiger charge is -2.44. The van der Waals surface area contributed by atoms with Crippen LogP contribution < -0.4 is 26.6 Å². The van der Waals surface area contributed by atoms with Gasteiger partial charge >= 0.3 is 5.97 Å². The molecular weight excluding hydrogens is 681 g/mol. The number of benzene rings is 2. The third-order valence-corrected chi connectivity index (χ3v) is 12.0. The van der Waals surface area contributed by atoms with Crippen LogP contribution in [0.5, 0.6) is 0 Å². The first-order valence-electron chi connectivity index (χ1n) is 16.5. The van der Waals surface area contributed by atoms with Gasteiger partial charge in [-0.15, -0.1) is 23.5 Å². The molecule has 0 unspecified atom stereocenters. The summed E-state index contributed by atoms with van der Waals surface area (Å²) in [5, 5.41) is 13.5. The average molecular weight is 725 g/mol. The first-order valence-corrected chi connectivity index (χ1v) is 18.2. The molecule has 2 aromatic rings. The molecule has 2 aromatic carbocycles. The van der Waals surface area contributed by atoms with E-state index in [2.05, 4.69) is 26.6 Å². The number of rotatable bonds is 13. The lowest BCUT2D eigenvalue weighted by atomic mass is 9.95. The van der Waals surface area contributed by atoms with E-state index in [-0.39, 0.29) is 60.8 Å². The minimum Gasteiger partial charge on any atom is -0.467 e. The summed E-state index contributed by atoms with van der Waals surface area (Å²) in [5.74, 6) is -2.21. The molecule has 5 N–H and O–H groups in total. The van der Waals surface area contributed by atoms with Crippen molar-refractivity contribution in [2.24, 2.45) is 0 Å². The number of amides is 5. The predicted octanol–water partition coefficient (Wildman–Crippen LogP) is 0.719. The third-order valence-electron chi connectivity index (χ3n) is 8.94. The highest BCUT2D eigenvalue weighted by atomic mass is 32.2. The van der Waals surface area contributed by atoms with Gasteiger partial charge in [-0.25, -0.2) is 4.79 Å². The van der Waals surface area contributed by atoms with E-state index < -0.39 is 45.0 Å². The number of nitrogens with one attached hydrogen (secondary N) is 5. The monoisotopic (exact) mass is 724 g/mol. The number of methoxy groups -OCH3 is 1.